The minimum atomic E-state index is -0.452. The number of hydrogen-bond donors (Lipinski definition) is 1. The Hall–Kier alpha value is -1.39. The largest absolute Gasteiger partial charge is 0.387 e. The molecule has 0 saturated carbocycles. The molecule has 2 aromatic heterocycles. The second-order valence-corrected chi connectivity index (χ2v) is 6.28. The molecule has 0 bridgehead atoms. The van der Waals surface area contributed by atoms with Crippen molar-refractivity contribution in [2.45, 2.75) is 38.8 Å². The minimum Gasteiger partial charge on any atom is -0.387 e. The van der Waals surface area contributed by atoms with Crippen LogP contribution in [0.25, 0.3) is 0 Å². The number of aromatic nitrogens is 1. The average Bonchev–Trinajstić information content (AvgIpc) is 2.96. The quantitative estimate of drug-likeness (QED) is 0.935. The molecule has 2 aromatic rings. The van der Waals surface area contributed by atoms with Crippen molar-refractivity contribution in [1.29, 1.82) is 0 Å². The van der Waals surface area contributed by atoms with Gasteiger partial charge in [-0.15, -0.1) is 11.3 Å². The van der Waals surface area contributed by atoms with Gasteiger partial charge in [0.15, 0.2) is 0 Å². The molecule has 4 heteroatoms. The fourth-order valence-electron chi connectivity index (χ4n) is 2.84. The van der Waals surface area contributed by atoms with Gasteiger partial charge in [-0.1, -0.05) is 6.92 Å². The number of fused-ring (bicyclic) bond motifs is 1. The second-order valence-electron chi connectivity index (χ2n) is 5.28. The third-order valence-electron chi connectivity index (χ3n) is 4.11. The Kier molecular flexibility index (Phi) is 3.76. The summed E-state index contributed by atoms with van der Waals surface area (Å²) in [6.45, 7) is 5.25. The minimum absolute atomic E-state index is 0.397. The fraction of sp³-hybridized carbons (Fsp3) is 0.438. The van der Waals surface area contributed by atoms with Gasteiger partial charge in [0.25, 0.3) is 0 Å². The molecule has 3 nitrogen and oxygen atoms in total. The van der Waals surface area contributed by atoms with Crippen LogP contribution in [0.4, 0.5) is 5.69 Å². The highest BCUT2D eigenvalue weighted by atomic mass is 32.1. The van der Waals surface area contributed by atoms with Crippen LogP contribution in [0.5, 0.6) is 0 Å². The topological polar surface area (TPSA) is 36.4 Å². The van der Waals surface area contributed by atoms with E-state index in [2.05, 4.69) is 34.3 Å². The van der Waals surface area contributed by atoms with Crippen molar-refractivity contribution in [3.8, 4) is 0 Å². The van der Waals surface area contributed by atoms with Crippen LogP contribution in [0.2, 0.25) is 0 Å². The van der Waals surface area contributed by atoms with Crippen LogP contribution in [0.1, 0.15) is 48.5 Å². The first kappa shape index (κ1) is 13.6. The van der Waals surface area contributed by atoms with Crippen LogP contribution in [0.3, 0.4) is 0 Å². The summed E-state index contributed by atoms with van der Waals surface area (Å²) in [6, 6.07) is 6.65. The smallest absolute Gasteiger partial charge is 0.0957 e. The molecule has 0 spiro atoms. The molecule has 3 rings (SSSR count). The van der Waals surface area contributed by atoms with E-state index < -0.39 is 6.10 Å². The molecular weight excluding hydrogens is 268 g/mol. The number of nitrogens with zero attached hydrogens (tertiary/aromatic N) is 2. The number of pyridine rings is 1. The molecule has 1 aliphatic heterocycles. The predicted octanol–water partition coefficient (Wildman–Crippen LogP) is 3.71. The summed E-state index contributed by atoms with van der Waals surface area (Å²) in [5.41, 5.74) is 3.34. The Morgan fingerprint density at radius 3 is 3.00 bits per heavy atom. The van der Waals surface area contributed by atoms with Crippen molar-refractivity contribution in [3.05, 3.63) is 45.9 Å². The zero-order valence-electron chi connectivity index (χ0n) is 11.9. The SMILES string of the molecule is CCC(O)c1ccc(N2CCc3sccc3C2C)cn1. The van der Waals surface area contributed by atoms with E-state index in [0.29, 0.717) is 12.5 Å². The van der Waals surface area contributed by atoms with Crippen molar-refractivity contribution in [3.63, 3.8) is 0 Å². The van der Waals surface area contributed by atoms with Gasteiger partial charge in [0.2, 0.25) is 0 Å². The molecular formula is C16H20N2OS. The maximum absolute atomic E-state index is 9.81. The van der Waals surface area contributed by atoms with Gasteiger partial charge in [-0.05, 0) is 48.9 Å². The molecule has 0 aliphatic carbocycles. The van der Waals surface area contributed by atoms with Crippen molar-refractivity contribution in [2.75, 3.05) is 11.4 Å². The van der Waals surface area contributed by atoms with Crippen LogP contribution in [-0.2, 0) is 6.42 Å². The Balaban J connectivity index is 1.83. The zero-order valence-corrected chi connectivity index (χ0v) is 12.7. The van der Waals surface area contributed by atoms with E-state index in [4.69, 9.17) is 0 Å². The summed E-state index contributed by atoms with van der Waals surface area (Å²) in [4.78, 5) is 8.32. The molecule has 0 saturated heterocycles. The van der Waals surface area contributed by atoms with Crippen molar-refractivity contribution < 1.29 is 5.11 Å². The van der Waals surface area contributed by atoms with Gasteiger partial charge in [0.1, 0.15) is 0 Å². The number of aliphatic hydroxyl groups is 1. The van der Waals surface area contributed by atoms with Crippen molar-refractivity contribution in [2.24, 2.45) is 0 Å². The summed E-state index contributed by atoms with van der Waals surface area (Å²) in [6.07, 6.45) is 3.25. The lowest BCUT2D eigenvalue weighted by atomic mass is 10.0. The maximum Gasteiger partial charge on any atom is 0.0957 e. The lowest BCUT2D eigenvalue weighted by molar-refractivity contribution is 0.169. The van der Waals surface area contributed by atoms with E-state index >= 15 is 0 Å². The first-order valence-corrected chi connectivity index (χ1v) is 8.05. The molecule has 2 unspecified atom stereocenters. The highest BCUT2D eigenvalue weighted by molar-refractivity contribution is 7.10. The Labute approximate surface area is 123 Å². The average molecular weight is 288 g/mol. The van der Waals surface area contributed by atoms with Gasteiger partial charge in [-0.25, -0.2) is 0 Å². The van der Waals surface area contributed by atoms with Crippen LogP contribution >= 0.6 is 11.3 Å². The standard InChI is InChI=1S/C16H20N2OS/c1-3-15(19)14-5-4-12(10-17-14)18-8-6-16-13(11(18)2)7-9-20-16/h4-5,7,9-11,15,19H,3,6,8H2,1-2H3. The zero-order chi connectivity index (χ0) is 14.1. The molecule has 0 radical (unpaired) electrons. The predicted molar refractivity (Wildman–Crippen MR) is 83.3 cm³/mol. The maximum atomic E-state index is 9.81. The second kappa shape index (κ2) is 5.54. The molecule has 3 heterocycles. The third kappa shape index (κ3) is 2.34. The van der Waals surface area contributed by atoms with Crippen LogP contribution in [0.15, 0.2) is 29.8 Å². The van der Waals surface area contributed by atoms with Gasteiger partial charge in [0, 0.05) is 11.4 Å². The Morgan fingerprint density at radius 1 is 1.45 bits per heavy atom. The van der Waals surface area contributed by atoms with Crippen LogP contribution < -0.4 is 4.90 Å². The van der Waals surface area contributed by atoms with E-state index in [1.807, 2.05) is 30.5 Å². The van der Waals surface area contributed by atoms with E-state index in [0.717, 1.165) is 24.3 Å². The number of hydrogen-bond acceptors (Lipinski definition) is 4. The van der Waals surface area contributed by atoms with Gasteiger partial charge in [0.05, 0.1) is 29.7 Å². The molecule has 20 heavy (non-hydrogen) atoms. The molecule has 2 atom stereocenters. The van der Waals surface area contributed by atoms with E-state index in [9.17, 15) is 5.11 Å². The molecule has 0 amide bonds. The highest BCUT2D eigenvalue weighted by Crippen LogP contribution is 2.35. The van der Waals surface area contributed by atoms with Crippen molar-refractivity contribution >= 4 is 17.0 Å². The Bertz CT molecular complexity index is 578. The summed E-state index contributed by atoms with van der Waals surface area (Å²) >= 11 is 1.86. The van der Waals surface area contributed by atoms with Gasteiger partial charge in [-0.3, -0.25) is 4.98 Å². The highest BCUT2D eigenvalue weighted by Gasteiger charge is 2.25. The lowest BCUT2D eigenvalue weighted by Gasteiger charge is -2.35. The van der Waals surface area contributed by atoms with Crippen LogP contribution in [-0.4, -0.2) is 16.6 Å². The normalized spacial score (nSPS) is 19.8. The third-order valence-corrected chi connectivity index (χ3v) is 5.10. The van der Waals surface area contributed by atoms with Gasteiger partial charge >= 0.3 is 0 Å². The van der Waals surface area contributed by atoms with Gasteiger partial charge < -0.3 is 10.0 Å². The molecule has 1 N–H and O–H groups in total. The summed E-state index contributed by atoms with van der Waals surface area (Å²) in [5.74, 6) is 0. The lowest BCUT2D eigenvalue weighted by Crippen LogP contribution is -2.33. The van der Waals surface area contributed by atoms with E-state index in [1.165, 1.54) is 10.4 Å². The monoisotopic (exact) mass is 288 g/mol. The number of aliphatic hydroxyl groups excluding tert-OH is 1. The first-order valence-electron chi connectivity index (χ1n) is 7.17. The Morgan fingerprint density at radius 2 is 2.30 bits per heavy atom. The summed E-state index contributed by atoms with van der Waals surface area (Å²) < 4.78 is 0. The van der Waals surface area contributed by atoms with Crippen LogP contribution in [0, 0.1) is 0 Å². The number of thiophene rings is 1. The molecule has 0 fully saturated rings. The van der Waals surface area contributed by atoms with Gasteiger partial charge in [-0.2, -0.15) is 0 Å². The number of rotatable bonds is 3. The van der Waals surface area contributed by atoms with Crippen molar-refractivity contribution in [1.82, 2.24) is 4.98 Å². The number of anilines is 1. The fourth-order valence-corrected chi connectivity index (χ4v) is 3.80. The van der Waals surface area contributed by atoms with E-state index in [-0.39, 0.29) is 0 Å². The molecule has 1 aliphatic rings. The summed E-state index contributed by atoms with van der Waals surface area (Å²) in [5, 5.41) is 12.0. The molecule has 106 valence electrons. The molecule has 0 aromatic carbocycles. The first-order chi connectivity index (χ1) is 9.70. The summed E-state index contributed by atoms with van der Waals surface area (Å²) in [7, 11) is 0. The van der Waals surface area contributed by atoms with E-state index in [1.54, 1.807) is 0 Å².